The second kappa shape index (κ2) is 7.98. The smallest absolute Gasteiger partial charge is 0.162 e. The Bertz CT molecular complexity index is 1520. The highest BCUT2D eigenvalue weighted by Crippen LogP contribution is 2.69. The van der Waals surface area contributed by atoms with Crippen molar-refractivity contribution in [3.05, 3.63) is 77.5 Å². The van der Waals surface area contributed by atoms with E-state index in [4.69, 9.17) is 10.2 Å². The quantitative estimate of drug-likeness (QED) is 0.388. The van der Waals surface area contributed by atoms with E-state index in [0.29, 0.717) is 18.8 Å². The fraction of sp³-hybridized carbons (Fsp3) is 0.333. The summed E-state index contributed by atoms with van der Waals surface area (Å²) in [4.78, 5) is 9.46. The van der Waals surface area contributed by atoms with Gasteiger partial charge in [-0.3, -0.25) is 4.68 Å². The lowest BCUT2D eigenvalue weighted by atomic mass is 9.66. The highest BCUT2D eigenvalue weighted by molar-refractivity contribution is 5.64. The van der Waals surface area contributed by atoms with Crippen LogP contribution in [0.1, 0.15) is 56.0 Å². The largest absolute Gasteiger partial charge is 0.271 e. The summed E-state index contributed by atoms with van der Waals surface area (Å²) in [5.74, 6) is -0.603. The van der Waals surface area contributed by atoms with Gasteiger partial charge >= 0.3 is 0 Å². The normalized spacial score (nSPS) is 21.4. The molecule has 6 rings (SSSR count). The first-order valence-electron chi connectivity index (χ1n) is 11.9. The predicted molar refractivity (Wildman–Crippen MR) is 127 cm³/mol. The Kier molecular flexibility index (Phi) is 4.97. The minimum absolute atomic E-state index is 0.153. The first-order valence-corrected chi connectivity index (χ1v) is 11.9. The van der Waals surface area contributed by atoms with Gasteiger partial charge in [-0.25, -0.2) is 18.7 Å². The van der Waals surface area contributed by atoms with Crippen LogP contribution in [0, 0.1) is 28.4 Å². The molecule has 7 nitrogen and oxygen atoms in total. The first-order chi connectivity index (χ1) is 17.4. The van der Waals surface area contributed by atoms with Crippen LogP contribution >= 0.6 is 0 Å². The topological polar surface area (TPSA) is 93.2 Å². The third kappa shape index (κ3) is 3.03. The van der Waals surface area contributed by atoms with Crippen LogP contribution in [0.5, 0.6) is 0 Å². The average molecular weight is 484 g/mol. The molecule has 0 unspecified atom stereocenters. The van der Waals surface area contributed by atoms with Gasteiger partial charge in [0.25, 0.3) is 0 Å². The number of aryl methyl sites for hydroxylation is 1. The fourth-order valence-electron chi connectivity index (χ4n) is 6.26. The number of nitrogens with zero attached hydrogens (tertiary/aromatic N) is 7. The van der Waals surface area contributed by atoms with Crippen LogP contribution in [-0.2, 0) is 12.0 Å². The molecule has 0 aliphatic heterocycles. The van der Waals surface area contributed by atoms with Crippen molar-refractivity contribution in [2.45, 2.75) is 51.0 Å². The Morgan fingerprint density at radius 1 is 1.17 bits per heavy atom. The van der Waals surface area contributed by atoms with Crippen molar-refractivity contribution in [3.8, 4) is 28.7 Å². The number of aromatic nitrogens is 6. The minimum atomic E-state index is -0.655. The van der Waals surface area contributed by atoms with Crippen molar-refractivity contribution in [2.24, 2.45) is 5.41 Å². The molecule has 1 saturated carbocycles. The van der Waals surface area contributed by atoms with Crippen LogP contribution in [0.25, 0.3) is 22.6 Å². The number of nitriles is 1. The fourth-order valence-corrected chi connectivity index (χ4v) is 6.26. The molecular weight excluding hydrogens is 460 g/mol. The summed E-state index contributed by atoms with van der Waals surface area (Å²) in [6.45, 7) is 4.91. The predicted octanol–water partition coefficient (Wildman–Crippen LogP) is 5.19. The number of rotatable bonds is 5. The zero-order chi connectivity index (χ0) is 25.1. The summed E-state index contributed by atoms with van der Waals surface area (Å²) in [6, 6.07) is 9.66. The molecule has 3 aromatic heterocycles. The van der Waals surface area contributed by atoms with Crippen molar-refractivity contribution in [1.82, 2.24) is 29.9 Å². The number of hydrogen-bond donors (Lipinski definition) is 0. The van der Waals surface area contributed by atoms with E-state index < -0.39 is 17.0 Å². The van der Waals surface area contributed by atoms with E-state index in [1.165, 1.54) is 18.2 Å². The number of benzene rings is 1. The van der Waals surface area contributed by atoms with Gasteiger partial charge in [-0.1, -0.05) is 19.9 Å². The minimum Gasteiger partial charge on any atom is -0.271 e. The molecule has 0 saturated heterocycles. The van der Waals surface area contributed by atoms with Gasteiger partial charge in [0.15, 0.2) is 5.82 Å². The van der Waals surface area contributed by atoms with E-state index >= 15 is 0 Å². The maximum Gasteiger partial charge on any atom is 0.162 e. The lowest BCUT2D eigenvalue weighted by Gasteiger charge is -2.37. The molecule has 0 radical (unpaired) electrons. The summed E-state index contributed by atoms with van der Waals surface area (Å²) in [6.07, 6.45) is 7.42. The van der Waals surface area contributed by atoms with Gasteiger partial charge in [0.2, 0.25) is 0 Å². The molecule has 36 heavy (non-hydrogen) atoms. The van der Waals surface area contributed by atoms with E-state index in [1.54, 1.807) is 23.1 Å². The second-order valence-electron chi connectivity index (χ2n) is 10.0. The van der Waals surface area contributed by atoms with Gasteiger partial charge in [-0.2, -0.15) is 15.5 Å². The van der Waals surface area contributed by atoms with Crippen LogP contribution in [0.15, 0.2) is 48.9 Å². The Hall–Kier alpha value is -4.06. The Morgan fingerprint density at radius 2 is 1.97 bits per heavy atom. The average Bonchev–Trinajstić information content (AvgIpc) is 3.50. The maximum absolute atomic E-state index is 14.5. The Balaban J connectivity index is 1.45. The van der Waals surface area contributed by atoms with E-state index in [1.807, 2.05) is 12.3 Å². The van der Waals surface area contributed by atoms with Gasteiger partial charge in [0, 0.05) is 12.4 Å². The molecule has 4 aromatic rings. The van der Waals surface area contributed by atoms with E-state index in [2.05, 4.69) is 40.2 Å². The van der Waals surface area contributed by atoms with Gasteiger partial charge < -0.3 is 0 Å². The van der Waals surface area contributed by atoms with E-state index in [0.717, 1.165) is 35.4 Å². The summed E-state index contributed by atoms with van der Waals surface area (Å²) in [7, 11) is 0. The molecule has 180 valence electrons. The molecule has 2 aliphatic rings. The Morgan fingerprint density at radius 3 is 2.75 bits per heavy atom. The monoisotopic (exact) mass is 483 g/mol. The molecule has 2 bridgehead atoms. The molecule has 0 N–H and O–H groups in total. The molecule has 3 heterocycles. The first kappa shape index (κ1) is 22.4. The van der Waals surface area contributed by atoms with Gasteiger partial charge in [-0.15, -0.1) is 5.10 Å². The summed E-state index contributed by atoms with van der Waals surface area (Å²) in [5.41, 5.74) is 2.73. The second-order valence-corrected chi connectivity index (χ2v) is 10.0. The number of hydrogen-bond acceptors (Lipinski definition) is 6. The summed E-state index contributed by atoms with van der Waals surface area (Å²) >= 11 is 0. The molecule has 0 amide bonds. The summed E-state index contributed by atoms with van der Waals surface area (Å²) < 4.78 is 30.7. The summed E-state index contributed by atoms with van der Waals surface area (Å²) in [5, 5.41) is 22.1. The lowest BCUT2D eigenvalue weighted by molar-refractivity contribution is 0.243. The van der Waals surface area contributed by atoms with Gasteiger partial charge in [0.05, 0.1) is 58.9 Å². The lowest BCUT2D eigenvalue weighted by Crippen LogP contribution is -2.38. The van der Waals surface area contributed by atoms with Crippen molar-refractivity contribution in [2.75, 3.05) is 0 Å². The molecule has 0 spiro atoms. The SMILES string of the molecule is CC1(C)[C@H]2CC[C@]1(c1ccnc(-c3cnn(CCC#N)c3)n1)c1nnc(-c3c(F)cccc3F)cc12. The third-order valence-corrected chi connectivity index (χ3v) is 8.04. The maximum atomic E-state index is 14.5. The number of halogens is 2. The van der Waals surface area contributed by atoms with Crippen LogP contribution < -0.4 is 0 Å². The van der Waals surface area contributed by atoms with Gasteiger partial charge in [0.1, 0.15) is 11.6 Å². The van der Waals surface area contributed by atoms with Crippen molar-refractivity contribution < 1.29 is 8.78 Å². The molecule has 2 aliphatic carbocycles. The van der Waals surface area contributed by atoms with Gasteiger partial charge in [-0.05, 0) is 54.0 Å². The molecule has 2 atom stereocenters. The van der Waals surface area contributed by atoms with E-state index in [9.17, 15) is 8.78 Å². The number of fused-ring (bicyclic) bond motifs is 5. The van der Waals surface area contributed by atoms with Crippen LogP contribution in [-0.4, -0.2) is 29.9 Å². The zero-order valence-corrected chi connectivity index (χ0v) is 19.9. The van der Waals surface area contributed by atoms with E-state index in [-0.39, 0.29) is 22.6 Å². The highest BCUT2D eigenvalue weighted by Gasteiger charge is 2.65. The van der Waals surface area contributed by atoms with Crippen LogP contribution in [0.3, 0.4) is 0 Å². The molecular formula is C27H23F2N7. The van der Waals surface area contributed by atoms with Crippen molar-refractivity contribution in [1.29, 1.82) is 5.26 Å². The Labute approximate surface area is 206 Å². The van der Waals surface area contributed by atoms with Crippen molar-refractivity contribution >= 4 is 0 Å². The molecule has 9 heteroatoms. The molecule has 1 fully saturated rings. The van der Waals surface area contributed by atoms with Crippen LogP contribution in [0.2, 0.25) is 0 Å². The zero-order valence-electron chi connectivity index (χ0n) is 19.9. The third-order valence-electron chi connectivity index (χ3n) is 8.04. The van der Waals surface area contributed by atoms with Crippen molar-refractivity contribution in [3.63, 3.8) is 0 Å². The standard InChI is InChI=1S/C27H23F2N7/c1-26(2)18-7-9-27(26,22-8-11-31-25(33-22)16-14-32-36(15-16)12-4-10-30)24-17(18)13-21(34-35-24)23-19(28)5-3-6-20(23)29/h3,5-6,8,11,13-15,18H,4,7,9,12H2,1-2H3/t18-,27-/m0/s1. The molecule has 1 aromatic carbocycles. The van der Waals surface area contributed by atoms with Crippen LogP contribution in [0.4, 0.5) is 8.78 Å². The highest BCUT2D eigenvalue weighted by atomic mass is 19.1.